The largest absolute Gasteiger partial charge is 0.272 e. The van der Waals surface area contributed by atoms with E-state index in [0.717, 1.165) is 6.42 Å². The van der Waals surface area contributed by atoms with E-state index in [1.807, 2.05) is 0 Å². The summed E-state index contributed by atoms with van der Waals surface area (Å²) >= 11 is 5.69. The van der Waals surface area contributed by atoms with E-state index in [1.54, 1.807) is 12.1 Å². The Morgan fingerprint density at radius 3 is 2.50 bits per heavy atom. The number of halogens is 1. The molecule has 0 aromatic heterocycles. The molecule has 1 aliphatic rings. The second-order valence-corrected chi connectivity index (χ2v) is 5.61. The molecule has 1 aliphatic heterocycles. The lowest BCUT2D eigenvalue weighted by Crippen LogP contribution is -2.29. The molecule has 1 N–H and O–H groups in total. The van der Waals surface area contributed by atoms with Crippen molar-refractivity contribution in [1.82, 2.24) is 4.72 Å². The van der Waals surface area contributed by atoms with E-state index in [4.69, 9.17) is 11.6 Å². The highest BCUT2D eigenvalue weighted by molar-refractivity contribution is 7.90. The Hall–Kier alpha value is -1.07. The number of rotatable bonds is 2. The van der Waals surface area contributed by atoms with Crippen LogP contribution in [0.2, 0.25) is 5.02 Å². The number of hydrogen-bond donors (Lipinski definition) is 1. The Kier molecular flexibility index (Phi) is 3.16. The van der Waals surface area contributed by atoms with Crippen LogP contribution in [-0.2, 0) is 10.0 Å². The van der Waals surface area contributed by atoms with Gasteiger partial charge in [-0.1, -0.05) is 11.6 Å². The molecule has 0 saturated heterocycles. The molecule has 86 valence electrons. The summed E-state index contributed by atoms with van der Waals surface area (Å²) in [6.07, 6.45) is 1.59. The van der Waals surface area contributed by atoms with Crippen LogP contribution in [0.25, 0.3) is 0 Å². The quantitative estimate of drug-likeness (QED) is 0.880. The standard InChI is InChI=1S/C10H11ClN2O2S/c11-8-3-5-9(6-4-8)16(14,15)13-10-2-1-7-12-10/h3-6H,1-2,7H2,(H,12,13). The lowest BCUT2D eigenvalue weighted by Gasteiger charge is -2.07. The Bertz CT molecular complexity index is 508. The van der Waals surface area contributed by atoms with Crippen LogP contribution in [0.5, 0.6) is 0 Å². The Morgan fingerprint density at radius 1 is 1.25 bits per heavy atom. The SMILES string of the molecule is O=S(=O)(NC1=NCCC1)c1ccc(Cl)cc1. The fourth-order valence-corrected chi connectivity index (χ4v) is 2.67. The average molecular weight is 259 g/mol. The molecular formula is C10H11ClN2O2S. The molecule has 0 atom stereocenters. The van der Waals surface area contributed by atoms with Gasteiger partial charge >= 0.3 is 0 Å². The van der Waals surface area contributed by atoms with Gasteiger partial charge in [0, 0.05) is 18.0 Å². The third-order valence-corrected chi connectivity index (χ3v) is 3.90. The maximum Gasteiger partial charge on any atom is 0.262 e. The molecule has 0 amide bonds. The summed E-state index contributed by atoms with van der Waals surface area (Å²) in [5.74, 6) is 0.537. The summed E-state index contributed by atoms with van der Waals surface area (Å²) in [5, 5.41) is 0.511. The number of hydrogen-bond acceptors (Lipinski definition) is 3. The predicted molar refractivity (Wildman–Crippen MR) is 63.3 cm³/mol. The molecule has 0 radical (unpaired) electrons. The predicted octanol–water partition coefficient (Wildman–Crippen LogP) is 1.81. The average Bonchev–Trinajstić information content (AvgIpc) is 2.70. The summed E-state index contributed by atoms with van der Waals surface area (Å²) in [6.45, 7) is 0.693. The number of nitrogens with zero attached hydrogens (tertiary/aromatic N) is 1. The zero-order chi connectivity index (χ0) is 11.6. The molecule has 2 rings (SSSR count). The third kappa shape index (κ3) is 2.54. The van der Waals surface area contributed by atoms with Crippen LogP contribution in [0, 0.1) is 0 Å². The third-order valence-electron chi connectivity index (χ3n) is 2.25. The molecule has 1 aromatic carbocycles. The topological polar surface area (TPSA) is 58.5 Å². The van der Waals surface area contributed by atoms with Gasteiger partial charge in [-0.05, 0) is 30.7 Å². The molecular weight excluding hydrogens is 248 g/mol. The van der Waals surface area contributed by atoms with Crippen LogP contribution in [0.3, 0.4) is 0 Å². The lowest BCUT2D eigenvalue weighted by atomic mass is 10.3. The first-order valence-electron chi connectivity index (χ1n) is 4.90. The Balaban J connectivity index is 2.21. The zero-order valence-electron chi connectivity index (χ0n) is 8.48. The van der Waals surface area contributed by atoms with E-state index < -0.39 is 10.0 Å². The van der Waals surface area contributed by atoms with Crippen molar-refractivity contribution in [2.24, 2.45) is 4.99 Å². The number of aliphatic imine (C=N–C) groups is 1. The fourth-order valence-electron chi connectivity index (χ4n) is 1.45. The first-order chi connectivity index (χ1) is 7.58. The Morgan fingerprint density at radius 2 is 1.94 bits per heavy atom. The number of nitrogens with one attached hydrogen (secondary N) is 1. The summed E-state index contributed by atoms with van der Waals surface area (Å²) in [7, 11) is -3.50. The van der Waals surface area contributed by atoms with Crippen LogP contribution < -0.4 is 4.72 Å². The van der Waals surface area contributed by atoms with Gasteiger partial charge in [-0.15, -0.1) is 0 Å². The summed E-state index contributed by atoms with van der Waals surface area (Å²) in [5.41, 5.74) is 0. The summed E-state index contributed by atoms with van der Waals surface area (Å²) in [6, 6.07) is 6.04. The highest BCUT2D eigenvalue weighted by Gasteiger charge is 2.17. The van der Waals surface area contributed by atoms with E-state index in [1.165, 1.54) is 12.1 Å². The molecule has 0 spiro atoms. The van der Waals surface area contributed by atoms with Gasteiger partial charge in [0.15, 0.2) is 0 Å². The summed E-state index contributed by atoms with van der Waals surface area (Å²) < 4.78 is 26.2. The molecule has 4 nitrogen and oxygen atoms in total. The van der Waals surface area contributed by atoms with Gasteiger partial charge in [-0.25, -0.2) is 8.42 Å². The molecule has 0 aliphatic carbocycles. The highest BCUT2D eigenvalue weighted by Crippen LogP contribution is 2.14. The van der Waals surface area contributed by atoms with Crippen LogP contribution in [0.15, 0.2) is 34.2 Å². The van der Waals surface area contributed by atoms with Gasteiger partial charge in [0.25, 0.3) is 10.0 Å². The van der Waals surface area contributed by atoms with Gasteiger partial charge in [0.1, 0.15) is 5.84 Å². The van der Waals surface area contributed by atoms with Crippen molar-refractivity contribution >= 4 is 27.5 Å². The zero-order valence-corrected chi connectivity index (χ0v) is 10.1. The molecule has 0 saturated carbocycles. The molecule has 0 unspecified atom stereocenters. The second-order valence-electron chi connectivity index (χ2n) is 3.49. The van der Waals surface area contributed by atoms with Crippen molar-refractivity contribution < 1.29 is 8.42 Å². The monoisotopic (exact) mass is 258 g/mol. The minimum absolute atomic E-state index is 0.200. The summed E-state index contributed by atoms with van der Waals surface area (Å²) in [4.78, 5) is 4.26. The van der Waals surface area contributed by atoms with Crippen LogP contribution >= 0.6 is 11.6 Å². The number of amidine groups is 1. The molecule has 1 aromatic rings. The van der Waals surface area contributed by atoms with Gasteiger partial charge in [0.2, 0.25) is 0 Å². The Labute approximate surface area is 99.4 Å². The number of benzene rings is 1. The first kappa shape index (κ1) is 11.4. The van der Waals surface area contributed by atoms with Crippen molar-refractivity contribution in [1.29, 1.82) is 0 Å². The highest BCUT2D eigenvalue weighted by atomic mass is 35.5. The number of sulfonamides is 1. The normalized spacial score (nSPS) is 15.9. The lowest BCUT2D eigenvalue weighted by molar-refractivity contribution is 0.592. The maximum atomic E-state index is 11.9. The van der Waals surface area contributed by atoms with Crippen molar-refractivity contribution in [3.8, 4) is 0 Å². The van der Waals surface area contributed by atoms with Crippen molar-refractivity contribution in [3.63, 3.8) is 0 Å². The minimum atomic E-state index is -3.50. The minimum Gasteiger partial charge on any atom is -0.272 e. The van der Waals surface area contributed by atoms with Gasteiger partial charge in [-0.3, -0.25) is 9.71 Å². The van der Waals surface area contributed by atoms with E-state index in [0.29, 0.717) is 23.8 Å². The van der Waals surface area contributed by atoms with E-state index in [-0.39, 0.29) is 4.90 Å². The molecule has 6 heteroatoms. The molecule has 0 fully saturated rings. The molecule has 1 heterocycles. The van der Waals surface area contributed by atoms with Gasteiger partial charge in [0.05, 0.1) is 4.90 Å². The van der Waals surface area contributed by atoms with Crippen molar-refractivity contribution in [2.75, 3.05) is 6.54 Å². The maximum absolute atomic E-state index is 11.9. The second kappa shape index (κ2) is 4.43. The first-order valence-corrected chi connectivity index (χ1v) is 6.76. The van der Waals surface area contributed by atoms with E-state index >= 15 is 0 Å². The van der Waals surface area contributed by atoms with E-state index in [2.05, 4.69) is 9.71 Å². The fraction of sp³-hybridized carbons (Fsp3) is 0.300. The van der Waals surface area contributed by atoms with E-state index in [9.17, 15) is 8.42 Å². The van der Waals surface area contributed by atoms with Crippen molar-refractivity contribution in [3.05, 3.63) is 29.3 Å². The van der Waals surface area contributed by atoms with Gasteiger partial charge < -0.3 is 0 Å². The van der Waals surface area contributed by atoms with Crippen LogP contribution in [0.4, 0.5) is 0 Å². The van der Waals surface area contributed by atoms with Crippen molar-refractivity contribution in [2.45, 2.75) is 17.7 Å². The molecule has 0 bridgehead atoms. The van der Waals surface area contributed by atoms with Gasteiger partial charge in [-0.2, -0.15) is 0 Å². The smallest absolute Gasteiger partial charge is 0.262 e. The van der Waals surface area contributed by atoms with Crippen LogP contribution in [-0.4, -0.2) is 20.8 Å². The molecule has 16 heavy (non-hydrogen) atoms. The van der Waals surface area contributed by atoms with Crippen LogP contribution in [0.1, 0.15) is 12.8 Å².